The van der Waals surface area contributed by atoms with Gasteiger partial charge in [-0.15, -0.1) is 0 Å². The summed E-state index contributed by atoms with van der Waals surface area (Å²) in [6.45, 7) is 0.724. The first-order valence-corrected chi connectivity index (χ1v) is 5.20. The number of H-pyrrole nitrogens is 1. The molecule has 0 radical (unpaired) electrons. The Labute approximate surface area is 89.2 Å². The highest BCUT2D eigenvalue weighted by atomic mass is 16.5. The maximum absolute atomic E-state index is 5.52. The summed E-state index contributed by atoms with van der Waals surface area (Å²) in [5.74, 6) is 0.931. The van der Waals surface area contributed by atoms with Crippen LogP contribution in [0.1, 0.15) is 12.0 Å². The molecule has 0 fully saturated rings. The summed E-state index contributed by atoms with van der Waals surface area (Å²) < 4.78 is 5.36. The van der Waals surface area contributed by atoms with Crippen molar-refractivity contribution < 1.29 is 4.74 Å². The van der Waals surface area contributed by atoms with E-state index in [2.05, 4.69) is 11.1 Å². The van der Waals surface area contributed by atoms with Crippen LogP contribution in [0.15, 0.2) is 24.4 Å². The van der Waals surface area contributed by atoms with Gasteiger partial charge in [0.2, 0.25) is 0 Å². The predicted octanol–water partition coefficient (Wildman–Crippen LogP) is 2.07. The van der Waals surface area contributed by atoms with E-state index in [0.717, 1.165) is 30.7 Å². The molecular formula is C12H16N2O. The second kappa shape index (κ2) is 4.36. The van der Waals surface area contributed by atoms with E-state index in [1.165, 1.54) is 10.9 Å². The Morgan fingerprint density at radius 3 is 3.00 bits per heavy atom. The van der Waals surface area contributed by atoms with Crippen LogP contribution in [0.3, 0.4) is 0 Å². The van der Waals surface area contributed by atoms with Crippen LogP contribution in [0.4, 0.5) is 0 Å². The van der Waals surface area contributed by atoms with Gasteiger partial charge in [0.15, 0.2) is 0 Å². The standard InChI is InChI=1S/C12H16N2O/c1-15-11-6-2-5-10-12(11)9(8-14-10)4-3-7-13/h2,5-6,8,14H,3-4,7,13H2,1H3. The van der Waals surface area contributed by atoms with E-state index >= 15 is 0 Å². The molecule has 0 unspecified atom stereocenters. The molecule has 3 heteroatoms. The quantitative estimate of drug-likeness (QED) is 0.801. The summed E-state index contributed by atoms with van der Waals surface area (Å²) in [4.78, 5) is 3.25. The maximum atomic E-state index is 5.52. The molecule has 0 amide bonds. The number of hydrogen-bond acceptors (Lipinski definition) is 2. The average Bonchev–Trinajstić information content (AvgIpc) is 2.69. The Hall–Kier alpha value is -1.48. The Morgan fingerprint density at radius 2 is 2.27 bits per heavy atom. The lowest BCUT2D eigenvalue weighted by atomic mass is 10.1. The molecule has 80 valence electrons. The van der Waals surface area contributed by atoms with Gasteiger partial charge in [-0.2, -0.15) is 0 Å². The minimum Gasteiger partial charge on any atom is -0.496 e. The maximum Gasteiger partial charge on any atom is 0.128 e. The average molecular weight is 204 g/mol. The molecule has 2 rings (SSSR count). The molecule has 0 saturated heterocycles. The number of methoxy groups -OCH3 is 1. The van der Waals surface area contributed by atoms with Crippen LogP contribution in [0.25, 0.3) is 10.9 Å². The topological polar surface area (TPSA) is 51.0 Å². The first-order chi connectivity index (χ1) is 7.36. The SMILES string of the molecule is COc1cccc2[nH]cc(CCCN)c12. The largest absolute Gasteiger partial charge is 0.496 e. The number of rotatable bonds is 4. The lowest BCUT2D eigenvalue weighted by molar-refractivity contribution is 0.419. The second-order valence-corrected chi connectivity index (χ2v) is 3.59. The molecule has 0 spiro atoms. The van der Waals surface area contributed by atoms with Crippen molar-refractivity contribution in [1.29, 1.82) is 0 Å². The van der Waals surface area contributed by atoms with Crippen molar-refractivity contribution in [2.45, 2.75) is 12.8 Å². The van der Waals surface area contributed by atoms with Crippen molar-refractivity contribution in [2.75, 3.05) is 13.7 Å². The van der Waals surface area contributed by atoms with Gasteiger partial charge < -0.3 is 15.5 Å². The molecule has 0 saturated carbocycles. The lowest BCUT2D eigenvalue weighted by Gasteiger charge is -2.04. The Morgan fingerprint density at radius 1 is 1.40 bits per heavy atom. The first kappa shape index (κ1) is 10.1. The number of benzene rings is 1. The number of aromatic amines is 1. The molecule has 1 heterocycles. The highest BCUT2D eigenvalue weighted by Gasteiger charge is 2.07. The molecule has 3 N–H and O–H groups in total. The second-order valence-electron chi connectivity index (χ2n) is 3.59. The van der Waals surface area contributed by atoms with Crippen molar-refractivity contribution >= 4 is 10.9 Å². The molecular weight excluding hydrogens is 188 g/mol. The van der Waals surface area contributed by atoms with Gasteiger partial charge in [-0.25, -0.2) is 0 Å². The summed E-state index contributed by atoms with van der Waals surface area (Å²) in [6.07, 6.45) is 4.05. The zero-order valence-corrected chi connectivity index (χ0v) is 8.92. The number of aromatic nitrogens is 1. The number of ether oxygens (including phenoxy) is 1. The molecule has 0 atom stereocenters. The van der Waals surface area contributed by atoms with Gasteiger partial charge in [0, 0.05) is 17.1 Å². The van der Waals surface area contributed by atoms with Gasteiger partial charge in [0.05, 0.1) is 7.11 Å². The van der Waals surface area contributed by atoms with Crippen molar-refractivity contribution in [1.82, 2.24) is 4.98 Å². The number of nitrogens with one attached hydrogen (secondary N) is 1. The van der Waals surface area contributed by atoms with Gasteiger partial charge in [0.1, 0.15) is 5.75 Å². The third-order valence-corrected chi connectivity index (χ3v) is 2.62. The fourth-order valence-corrected chi connectivity index (χ4v) is 1.88. The highest BCUT2D eigenvalue weighted by Crippen LogP contribution is 2.28. The summed E-state index contributed by atoms with van der Waals surface area (Å²) in [5.41, 5.74) is 7.93. The van der Waals surface area contributed by atoms with E-state index in [-0.39, 0.29) is 0 Å². The third-order valence-electron chi connectivity index (χ3n) is 2.62. The zero-order chi connectivity index (χ0) is 10.7. The molecule has 1 aromatic carbocycles. The molecule has 0 aliphatic carbocycles. The summed E-state index contributed by atoms with van der Waals surface area (Å²) in [5, 5.41) is 1.19. The monoisotopic (exact) mass is 204 g/mol. The van der Waals surface area contributed by atoms with E-state index in [1.807, 2.05) is 18.3 Å². The molecule has 15 heavy (non-hydrogen) atoms. The lowest BCUT2D eigenvalue weighted by Crippen LogP contribution is -2.00. The minimum atomic E-state index is 0.724. The fourth-order valence-electron chi connectivity index (χ4n) is 1.88. The van der Waals surface area contributed by atoms with Crippen molar-refractivity contribution in [3.8, 4) is 5.75 Å². The van der Waals surface area contributed by atoms with Crippen molar-refractivity contribution in [3.05, 3.63) is 30.0 Å². The van der Waals surface area contributed by atoms with E-state index in [0.29, 0.717) is 0 Å². The summed E-state index contributed by atoms with van der Waals surface area (Å²) >= 11 is 0. The van der Waals surface area contributed by atoms with Crippen LogP contribution in [0.2, 0.25) is 0 Å². The summed E-state index contributed by atoms with van der Waals surface area (Å²) in [6, 6.07) is 6.04. The Balaban J connectivity index is 2.46. The van der Waals surface area contributed by atoms with Crippen LogP contribution in [0, 0.1) is 0 Å². The molecule has 0 bridgehead atoms. The van der Waals surface area contributed by atoms with Crippen LogP contribution in [0.5, 0.6) is 5.75 Å². The van der Waals surface area contributed by atoms with E-state index < -0.39 is 0 Å². The van der Waals surface area contributed by atoms with Gasteiger partial charge >= 0.3 is 0 Å². The van der Waals surface area contributed by atoms with Gasteiger partial charge in [0.25, 0.3) is 0 Å². The van der Waals surface area contributed by atoms with Crippen LogP contribution < -0.4 is 10.5 Å². The van der Waals surface area contributed by atoms with Crippen molar-refractivity contribution in [2.24, 2.45) is 5.73 Å². The van der Waals surface area contributed by atoms with Gasteiger partial charge in [-0.05, 0) is 37.1 Å². The van der Waals surface area contributed by atoms with E-state index in [9.17, 15) is 0 Å². The van der Waals surface area contributed by atoms with Crippen LogP contribution >= 0.6 is 0 Å². The normalized spacial score (nSPS) is 10.8. The van der Waals surface area contributed by atoms with E-state index in [4.69, 9.17) is 10.5 Å². The number of nitrogens with two attached hydrogens (primary N) is 1. The van der Waals surface area contributed by atoms with Crippen molar-refractivity contribution in [3.63, 3.8) is 0 Å². The van der Waals surface area contributed by atoms with E-state index in [1.54, 1.807) is 7.11 Å². The highest BCUT2D eigenvalue weighted by molar-refractivity contribution is 5.89. The Kier molecular flexibility index (Phi) is 2.92. The predicted molar refractivity (Wildman–Crippen MR) is 62.2 cm³/mol. The van der Waals surface area contributed by atoms with Gasteiger partial charge in [-0.1, -0.05) is 6.07 Å². The minimum absolute atomic E-state index is 0.724. The Bertz CT molecular complexity index is 448. The first-order valence-electron chi connectivity index (χ1n) is 5.20. The zero-order valence-electron chi connectivity index (χ0n) is 8.92. The van der Waals surface area contributed by atoms with Crippen LogP contribution in [-0.4, -0.2) is 18.6 Å². The third kappa shape index (κ3) is 1.83. The number of fused-ring (bicyclic) bond motifs is 1. The number of hydrogen-bond donors (Lipinski definition) is 2. The summed E-state index contributed by atoms with van der Waals surface area (Å²) in [7, 11) is 1.70. The number of aryl methyl sites for hydroxylation is 1. The van der Waals surface area contributed by atoms with Crippen LogP contribution in [-0.2, 0) is 6.42 Å². The fraction of sp³-hybridized carbons (Fsp3) is 0.333. The molecule has 2 aromatic rings. The van der Waals surface area contributed by atoms with Gasteiger partial charge in [-0.3, -0.25) is 0 Å². The smallest absolute Gasteiger partial charge is 0.128 e. The molecule has 3 nitrogen and oxygen atoms in total. The molecule has 0 aliphatic rings. The molecule has 0 aliphatic heterocycles. The molecule has 1 aromatic heterocycles.